The van der Waals surface area contributed by atoms with E-state index in [1.54, 1.807) is 30.3 Å². The van der Waals surface area contributed by atoms with E-state index in [0.717, 1.165) is 37.7 Å². The van der Waals surface area contributed by atoms with Crippen LogP contribution in [0.3, 0.4) is 0 Å². The van der Waals surface area contributed by atoms with Crippen LogP contribution in [-0.2, 0) is 22.9 Å². The summed E-state index contributed by atoms with van der Waals surface area (Å²) in [6, 6.07) is 12.9. The number of carbonyl (C=O) groups excluding carboxylic acids is 1. The Kier molecular flexibility index (Phi) is 7.31. The molecule has 0 radical (unpaired) electrons. The van der Waals surface area contributed by atoms with Crippen molar-refractivity contribution in [3.8, 4) is 0 Å². The highest BCUT2D eigenvalue weighted by Gasteiger charge is 2.24. The molecule has 9 heteroatoms. The van der Waals surface area contributed by atoms with Crippen molar-refractivity contribution in [1.82, 2.24) is 20.0 Å². The van der Waals surface area contributed by atoms with Crippen molar-refractivity contribution >= 4 is 27.0 Å². The van der Waals surface area contributed by atoms with Gasteiger partial charge in [-0.25, -0.2) is 22.9 Å². The van der Waals surface area contributed by atoms with E-state index in [4.69, 9.17) is 0 Å². The second kappa shape index (κ2) is 10.4. The maximum absolute atomic E-state index is 12.8. The molecule has 34 heavy (non-hydrogen) atoms. The molecule has 1 fully saturated rings. The fourth-order valence-corrected chi connectivity index (χ4v) is 5.48. The van der Waals surface area contributed by atoms with Crippen LogP contribution in [0.2, 0.25) is 0 Å². The molecule has 0 atom stereocenters. The van der Waals surface area contributed by atoms with E-state index in [0.29, 0.717) is 35.5 Å². The Hall–Kier alpha value is -3.20. The lowest BCUT2D eigenvalue weighted by Crippen LogP contribution is -2.45. The SMILES string of the molecule is CCC1CCC(NC(=O)NS(=O)(=O)c2cccc(CCc3nc4ccccc4c(=O)[nH]3)c2)CC1. The molecule has 180 valence electrons. The molecule has 2 aromatic carbocycles. The molecule has 3 N–H and O–H groups in total. The van der Waals surface area contributed by atoms with E-state index in [1.165, 1.54) is 6.07 Å². The number of rotatable bonds is 7. The van der Waals surface area contributed by atoms with E-state index in [9.17, 15) is 18.0 Å². The summed E-state index contributed by atoms with van der Waals surface area (Å²) in [5.74, 6) is 1.22. The van der Waals surface area contributed by atoms with Crippen LogP contribution in [0, 0.1) is 5.92 Å². The zero-order chi connectivity index (χ0) is 24.1. The molecular weight excluding hydrogens is 452 g/mol. The summed E-state index contributed by atoms with van der Waals surface area (Å²) in [7, 11) is -4.00. The molecule has 2 amide bonds. The molecule has 1 aliphatic carbocycles. The average Bonchev–Trinajstić information content (AvgIpc) is 2.83. The van der Waals surface area contributed by atoms with Gasteiger partial charge in [0.05, 0.1) is 15.8 Å². The first kappa shape index (κ1) is 23.9. The Balaban J connectivity index is 1.38. The number of amides is 2. The van der Waals surface area contributed by atoms with E-state index in [1.807, 2.05) is 12.1 Å². The van der Waals surface area contributed by atoms with E-state index in [-0.39, 0.29) is 16.5 Å². The molecule has 0 saturated heterocycles. The molecule has 1 saturated carbocycles. The van der Waals surface area contributed by atoms with Gasteiger partial charge in [0.2, 0.25) is 0 Å². The fourth-order valence-electron chi connectivity index (χ4n) is 4.50. The van der Waals surface area contributed by atoms with Gasteiger partial charge in [0, 0.05) is 12.5 Å². The van der Waals surface area contributed by atoms with Gasteiger partial charge in [0.1, 0.15) is 5.82 Å². The topological polar surface area (TPSA) is 121 Å². The number of aromatic amines is 1. The van der Waals surface area contributed by atoms with Gasteiger partial charge in [-0.05, 0) is 67.9 Å². The number of aromatic nitrogens is 2. The maximum Gasteiger partial charge on any atom is 0.328 e. The van der Waals surface area contributed by atoms with Crippen LogP contribution in [0.1, 0.15) is 50.4 Å². The number of fused-ring (bicyclic) bond motifs is 1. The van der Waals surface area contributed by atoms with Crippen LogP contribution in [0.5, 0.6) is 0 Å². The lowest BCUT2D eigenvalue weighted by atomic mass is 9.85. The van der Waals surface area contributed by atoms with Gasteiger partial charge < -0.3 is 10.3 Å². The molecule has 1 aliphatic rings. The van der Waals surface area contributed by atoms with Crippen LogP contribution in [0.4, 0.5) is 4.79 Å². The van der Waals surface area contributed by atoms with E-state index in [2.05, 4.69) is 26.9 Å². The first-order valence-electron chi connectivity index (χ1n) is 11.7. The minimum absolute atomic E-state index is 0.000873. The third kappa shape index (κ3) is 5.83. The van der Waals surface area contributed by atoms with Gasteiger partial charge >= 0.3 is 6.03 Å². The second-order valence-corrected chi connectivity index (χ2v) is 10.6. The average molecular weight is 483 g/mol. The summed E-state index contributed by atoms with van der Waals surface area (Å²) in [5, 5.41) is 3.33. The molecule has 1 heterocycles. The van der Waals surface area contributed by atoms with Crippen molar-refractivity contribution in [1.29, 1.82) is 0 Å². The molecular formula is C25H30N4O4S. The predicted octanol–water partition coefficient (Wildman–Crippen LogP) is 3.67. The normalized spacial score (nSPS) is 18.5. The van der Waals surface area contributed by atoms with E-state index < -0.39 is 16.1 Å². The Morgan fingerprint density at radius 2 is 1.82 bits per heavy atom. The summed E-state index contributed by atoms with van der Waals surface area (Å²) in [4.78, 5) is 31.9. The summed E-state index contributed by atoms with van der Waals surface area (Å²) in [6.45, 7) is 2.17. The number of aryl methyl sites for hydroxylation is 2. The Labute approximate surface area is 199 Å². The minimum atomic E-state index is -4.00. The monoisotopic (exact) mass is 482 g/mol. The lowest BCUT2D eigenvalue weighted by Gasteiger charge is -2.28. The number of benzene rings is 2. The van der Waals surface area contributed by atoms with Crippen molar-refractivity contribution in [3.63, 3.8) is 0 Å². The molecule has 1 aromatic heterocycles. The molecule has 0 bridgehead atoms. The van der Waals surface area contributed by atoms with Gasteiger partial charge in [-0.1, -0.05) is 37.6 Å². The summed E-state index contributed by atoms with van der Waals surface area (Å²) in [5.41, 5.74) is 1.18. The third-order valence-corrected chi connectivity index (χ3v) is 7.84. The summed E-state index contributed by atoms with van der Waals surface area (Å²) in [6.07, 6.45) is 5.89. The highest BCUT2D eigenvalue weighted by molar-refractivity contribution is 7.90. The molecule has 3 aromatic rings. The number of urea groups is 1. The number of para-hydroxylation sites is 1. The molecule has 8 nitrogen and oxygen atoms in total. The number of H-pyrrole nitrogens is 1. The minimum Gasteiger partial charge on any atom is -0.335 e. The number of nitrogens with one attached hydrogen (secondary N) is 3. The number of hydrogen-bond acceptors (Lipinski definition) is 5. The number of carbonyl (C=O) groups is 1. The summed E-state index contributed by atoms with van der Waals surface area (Å²) >= 11 is 0. The molecule has 4 rings (SSSR count). The summed E-state index contributed by atoms with van der Waals surface area (Å²) < 4.78 is 27.7. The number of sulfonamides is 1. The zero-order valence-electron chi connectivity index (χ0n) is 19.2. The maximum atomic E-state index is 12.8. The van der Waals surface area contributed by atoms with Gasteiger partial charge in [-0.15, -0.1) is 0 Å². The zero-order valence-corrected chi connectivity index (χ0v) is 20.0. The predicted molar refractivity (Wildman–Crippen MR) is 131 cm³/mol. The second-order valence-electron chi connectivity index (χ2n) is 8.88. The number of nitrogens with zero attached hydrogens (tertiary/aromatic N) is 1. The van der Waals surface area contributed by atoms with Crippen LogP contribution in [0.25, 0.3) is 10.9 Å². The molecule has 0 aliphatic heterocycles. The van der Waals surface area contributed by atoms with Gasteiger partial charge in [-0.3, -0.25) is 4.79 Å². The van der Waals surface area contributed by atoms with Crippen molar-refractivity contribution in [3.05, 3.63) is 70.3 Å². The number of hydrogen-bond donors (Lipinski definition) is 3. The molecule has 0 spiro atoms. The Morgan fingerprint density at radius 3 is 2.59 bits per heavy atom. The van der Waals surface area contributed by atoms with Crippen molar-refractivity contribution in [2.75, 3.05) is 0 Å². The van der Waals surface area contributed by atoms with E-state index >= 15 is 0 Å². The highest BCUT2D eigenvalue weighted by Crippen LogP contribution is 2.26. The van der Waals surface area contributed by atoms with Crippen LogP contribution < -0.4 is 15.6 Å². The van der Waals surface area contributed by atoms with Gasteiger partial charge in [0.25, 0.3) is 15.6 Å². The first-order valence-corrected chi connectivity index (χ1v) is 13.2. The van der Waals surface area contributed by atoms with Crippen LogP contribution >= 0.6 is 0 Å². The van der Waals surface area contributed by atoms with Crippen molar-refractivity contribution < 1.29 is 13.2 Å². The fraction of sp³-hybridized carbons (Fsp3) is 0.400. The van der Waals surface area contributed by atoms with Gasteiger partial charge in [0.15, 0.2) is 0 Å². The van der Waals surface area contributed by atoms with Crippen molar-refractivity contribution in [2.45, 2.75) is 62.8 Å². The smallest absolute Gasteiger partial charge is 0.328 e. The largest absolute Gasteiger partial charge is 0.335 e. The van der Waals surface area contributed by atoms with Gasteiger partial charge in [-0.2, -0.15) is 0 Å². The third-order valence-electron chi connectivity index (χ3n) is 6.51. The highest BCUT2D eigenvalue weighted by atomic mass is 32.2. The Bertz CT molecular complexity index is 1330. The Morgan fingerprint density at radius 1 is 1.06 bits per heavy atom. The van der Waals surface area contributed by atoms with Crippen molar-refractivity contribution in [2.24, 2.45) is 5.92 Å². The standard InChI is InChI=1S/C25H30N4O4S/c1-2-17-10-13-19(14-11-17)26-25(31)29-34(32,33)20-7-5-6-18(16-20)12-15-23-27-22-9-4-3-8-21(22)24(30)28-23/h3-9,16-17,19H,2,10-15H2,1H3,(H2,26,29,31)(H,27,28,30). The first-order chi connectivity index (χ1) is 16.3. The quantitative estimate of drug-likeness (QED) is 0.474. The van der Waals surface area contributed by atoms with Crippen LogP contribution in [0.15, 0.2) is 58.2 Å². The van der Waals surface area contributed by atoms with Crippen LogP contribution in [-0.4, -0.2) is 30.5 Å². The lowest BCUT2D eigenvalue weighted by molar-refractivity contribution is 0.231. The molecule has 0 unspecified atom stereocenters.